The number of nitrogens with zero attached hydrogens (tertiary/aromatic N) is 2. The molecule has 1 aliphatic rings. The second kappa shape index (κ2) is 8.20. The number of methoxy groups -OCH3 is 1. The summed E-state index contributed by atoms with van der Waals surface area (Å²) >= 11 is 1.57. The van der Waals surface area contributed by atoms with Gasteiger partial charge in [-0.1, -0.05) is 12.1 Å². The lowest BCUT2D eigenvalue weighted by Gasteiger charge is -2.36. The van der Waals surface area contributed by atoms with Crippen molar-refractivity contribution in [1.29, 1.82) is 0 Å². The SMILES string of the molecule is COc1cccc(C2CCCCN2C(=O)CSc2ccncc2)c1. The van der Waals surface area contributed by atoms with Crippen molar-refractivity contribution < 1.29 is 9.53 Å². The lowest BCUT2D eigenvalue weighted by molar-refractivity contribution is -0.132. The van der Waals surface area contributed by atoms with Gasteiger partial charge in [-0.2, -0.15) is 0 Å². The molecule has 3 rings (SSSR count). The number of hydrogen-bond donors (Lipinski definition) is 0. The van der Waals surface area contributed by atoms with E-state index in [0.717, 1.165) is 42.0 Å². The Labute approximate surface area is 147 Å². The van der Waals surface area contributed by atoms with E-state index in [-0.39, 0.29) is 11.9 Å². The van der Waals surface area contributed by atoms with Crippen LogP contribution in [0.25, 0.3) is 0 Å². The second-order valence-corrected chi connectivity index (χ2v) is 6.90. The molecule has 0 bridgehead atoms. The van der Waals surface area contributed by atoms with E-state index < -0.39 is 0 Å². The quantitative estimate of drug-likeness (QED) is 0.772. The Morgan fingerprint density at radius 3 is 2.92 bits per heavy atom. The van der Waals surface area contributed by atoms with Gasteiger partial charge in [-0.15, -0.1) is 11.8 Å². The summed E-state index contributed by atoms with van der Waals surface area (Å²) in [6.45, 7) is 0.831. The number of carbonyl (C=O) groups excluding carboxylic acids is 1. The summed E-state index contributed by atoms with van der Waals surface area (Å²) in [7, 11) is 1.67. The highest BCUT2D eigenvalue weighted by atomic mass is 32.2. The number of rotatable bonds is 5. The van der Waals surface area contributed by atoms with Gasteiger partial charge in [0.05, 0.1) is 18.9 Å². The third kappa shape index (κ3) is 4.09. The van der Waals surface area contributed by atoms with Crippen molar-refractivity contribution >= 4 is 17.7 Å². The molecule has 0 N–H and O–H groups in total. The minimum absolute atomic E-state index is 0.152. The summed E-state index contributed by atoms with van der Waals surface area (Å²) in [5.41, 5.74) is 1.16. The lowest BCUT2D eigenvalue weighted by Crippen LogP contribution is -2.39. The van der Waals surface area contributed by atoms with Crippen LogP contribution in [0, 0.1) is 0 Å². The number of aromatic nitrogens is 1. The van der Waals surface area contributed by atoms with Crippen LogP contribution in [0.2, 0.25) is 0 Å². The Kier molecular flexibility index (Phi) is 5.75. The van der Waals surface area contributed by atoms with Gasteiger partial charge in [0.1, 0.15) is 5.75 Å². The van der Waals surface area contributed by atoms with E-state index in [2.05, 4.69) is 11.1 Å². The van der Waals surface area contributed by atoms with Crippen molar-refractivity contribution in [2.75, 3.05) is 19.4 Å². The Morgan fingerprint density at radius 2 is 2.12 bits per heavy atom. The maximum Gasteiger partial charge on any atom is 0.233 e. The molecule has 4 nitrogen and oxygen atoms in total. The minimum Gasteiger partial charge on any atom is -0.497 e. The molecule has 126 valence electrons. The van der Waals surface area contributed by atoms with Crippen LogP contribution in [0.4, 0.5) is 0 Å². The highest BCUT2D eigenvalue weighted by molar-refractivity contribution is 8.00. The summed E-state index contributed by atoms with van der Waals surface area (Å²) < 4.78 is 5.33. The normalized spacial score (nSPS) is 17.5. The van der Waals surface area contributed by atoms with Crippen LogP contribution in [0.3, 0.4) is 0 Å². The first-order valence-corrected chi connectivity index (χ1v) is 9.23. The first-order valence-electron chi connectivity index (χ1n) is 8.24. The van der Waals surface area contributed by atoms with E-state index in [4.69, 9.17) is 4.74 Å². The van der Waals surface area contributed by atoms with Crippen LogP contribution in [0.15, 0.2) is 53.7 Å². The monoisotopic (exact) mass is 342 g/mol. The van der Waals surface area contributed by atoms with Gasteiger partial charge in [0.25, 0.3) is 0 Å². The third-order valence-corrected chi connectivity index (χ3v) is 5.31. The number of pyridine rings is 1. The largest absolute Gasteiger partial charge is 0.497 e. The van der Waals surface area contributed by atoms with Gasteiger partial charge in [0, 0.05) is 23.8 Å². The van der Waals surface area contributed by atoms with E-state index >= 15 is 0 Å². The molecule has 0 radical (unpaired) electrons. The van der Waals surface area contributed by atoms with Crippen molar-refractivity contribution in [2.45, 2.75) is 30.2 Å². The van der Waals surface area contributed by atoms with Crippen molar-refractivity contribution in [3.05, 3.63) is 54.4 Å². The number of benzene rings is 1. The third-order valence-electron chi connectivity index (χ3n) is 4.31. The first kappa shape index (κ1) is 16.8. The number of ether oxygens (including phenoxy) is 1. The Morgan fingerprint density at radius 1 is 1.29 bits per heavy atom. The maximum atomic E-state index is 12.8. The van der Waals surface area contributed by atoms with Gasteiger partial charge in [0.2, 0.25) is 5.91 Å². The minimum atomic E-state index is 0.152. The topological polar surface area (TPSA) is 42.4 Å². The Balaban J connectivity index is 1.70. The molecule has 1 unspecified atom stereocenters. The molecule has 5 heteroatoms. The standard InChI is InChI=1S/C19H22N2O2S/c1-23-16-6-4-5-15(13-16)18-7-2-3-12-21(18)19(22)14-24-17-8-10-20-11-9-17/h4-6,8-11,13,18H,2-3,7,12,14H2,1H3. The van der Waals surface area contributed by atoms with Crippen LogP contribution >= 0.6 is 11.8 Å². The van der Waals surface area contributed by atoms with E-state index in [1.165, 1.54) is 0 Å². The molecule has 0 spiro atoms. The van der Waals surface area contributed by atoms with Crippen LogP contribution in [-0.4, -0.2) is 35.2 Å². The van der Waals surface area contributed by atoms with Gasteiger partial charge in [-0.3, -0.25) is 9.78 Å². The molecule has 0 saturated carbocycles. The average molecular weight is 342 g/mol. The second-order valence-electron chi connectivity index (χ2n) is 5.85. The average Bonchev–Trinajstić information content (AvgIpc) is 2.67. The fourth-order valence-electron chi connectivity index (χ4n) is 3.09. The van der Waals surface area contributed by atoms with Gasteiger partial charge in [0.15, 0.2) is 0 Å². The Hall–Kier alpha value is -2.01. The Bertz CT molecular complexity index is 678. The number of hydrogen-bond acceptors (Lipinski definition) is 4. The molecule has 0 aliphatic carbocycles. The summed E-state index contributed by atoms with van der Waals surface area (Å²) in [6.07, 6.45) is 6.76. The van der Waals surface area contributed by atoms with Crippen LogP contribution < -0.4 is 4.74 Å². The molecular weight excluding hydrogens is 320 g/mol. The van der Waals surface area contributed by atoms with Crippen LogP contribution in [-0.2, 0) is 4.79 Å². The molecule has 1 saturated heterocycles. The van der Waals surface area contributed by atoms with Crippen molar-refractivity contribution in [1.82, 2.24) is 9.88 Å². The van der Waals surface area contributed by atoms with E-state index in [1.54, 1.807) is 31.3 Å². The van der Waals surface area contributed by atoms with E-state index in [0.29, 0.717) is 5.75 Å². The van der Waals surface area contributed by atoms with Crippen molar-refractivity contribution in [3.63, 3.8) is 0 Å². The van der Waals surface area contributed by atoms with Crippen LogP contribution in [0.1, 0.15) is 30.9 Å². The zero-order chi connectivity index (χ0) is 16.8. The molecule has 1 aromatic carbocycles. The molecule has 2 aromatic rings. The predicted octanol–water partition coefficient (Wildman–Crippen LogP) is 3.94. The van der Waals surface area contributed by atoms with Gasteiger partial charge >= 0.3 is 0 Å². The molecular formula is C19H22N2O2S. The predicted molar refractivity (Wildman–Crippen MR) is 96.3 cm³/mol. The van der Waals surface area contributed by atoms with Gasteiger partial charge in [-0.05, 0) is 49.1 Å². The van der Waals surface area contributed by atoms with Gasteiger partial charge < -0.3 is 9.64 Å². The summed E-state index contributed by atoms with van der Waals surface area (Å²) in [6, 6.07) is 12.1. The zero-order valence-electron chi connectivity index (χ0n) is 13.9. The number of carbonyl (C=O) groups is 1. The van der Waals surface area contributed by atoms with Crippen LogP contribution in [0.5, 0.6) is 5.75 Å². The maximum absolute atomic E-state index is 12.8. The van der Waals surface area contributed by atoms with Gasteiger partial charge in [-0.25, -0.2) is 0 Å². The highest BCUT2D eigenvalue weighted by Crippen LogP contribution is 2.33. The molecule has 1 fully saturated rings. The number of piperidine rings is 1. The number of amides is 1. The molecule has 24 heavy (non-hydrogen) atoms. The molecule has 1 amide bonds. The summed E-state index contributed by atoms with van der Waals surface area (Å²) in [5.74, 6) is 1.51. The highest BCUT2D eigenvalue weighted by Gasteiger charge is 2.28. The van der Waals surface area contributed by atoms with E-state index in [9.17, 15) is 4.79 Å². The molecule has 1 aromatic heterocycles. The molecule has 1 aliphatic heterocycles. The van der Waals surface area contributed by atoms with E-state index in [1.807, 2.05) is 35.2 Å². The summed E-state index contributed by atoms with van der Waals surface area (Å²) in [4.78, 5) is 19.9. The number of thioether (sulfide) groups is 1. The fraction of sp³-hybridized carbons (Fsp3) is 0.368. The smallest absolute Gasteiger partial charge is 0.233 e. The number of likely N-dealkylation sites (tertiary alicyclic amines) is 1. The first-order chi connectivity index (χ1) is 11.8. The lowest BCUT2D eigenvalue weighted by atomic mass is 9.95. The fourth-order valence-corrected chi connectivity index (χ4v) is 3.86. The molecule has 1 atom stereocenters. The molecule has 2 heterocycles. The van der Waals surface area contributed by atoms with Crippen molar-refractivity contribution in [3.8, 4) is 5.75 Å². The van der Waals surface area contributed by atoms with Crippen molar-refractivity contribution in [2.24, 2.45) is 0 Å². The zero-order valence-corrected chi connectivity index (χ0v) is 14.7. The summed E-state index contributed by atoms with van der Waals surface area (Å²) in [5, 5.41) is 0.